The molecule has 12 heteroatoms. The van der Waals surface area contributed by atoms with Crippen molar-refractivity contribution < 1.29 is 13.2 Å². The fraction of sp³-hybridized carbons (Fsp3) is 0.238. The van der Waals surface area contributed by atoms with E-state index in [1.807, 2.05) is 11.8 Å². The molecule has 0 saturated carbocycles. The predicted molar refractivity (Wildman–Crippen MR) is 130 cm³/mol. The van der Waals surface area contributed by atoms with Crippen molar-refractivity contribution in [2.45, 2.75) is 6.92 Å². The van der Waals surface area contributed by atoms with Gasteiger partial charge >= 0.3 is 0 Å². The van der Waals surface area contributed by atoms with Gasteiger partial charge in [-0.2, -0.15) is 4.98 Å². The Morgan fingerprint density at radius 1 is 1.03 bits per heavy atom. The highest BCUT2D eigenvalue weighted by Gasteiger charge is 2.23. The molecule has 1 saturated heterocycles. The van der Waals surface area contributed by atoms with Crippen molar-refractivity contribution in [3.63, 3.8) is 0 Å². The number of aromatic nitrogens is 3. The summed E-state index contributed by atoms with van der Waals surface area (Å²) in [4.78, 5) is 27.7. The zero-order chi connectivity index (χ0) is 23.6. The summed E-state index contributed by atoms with van der Waals surface area (Å²) in [7, 11) is -3.01. The molecule has 0 bridgehead atoms. The number of anilines is 4. The summed E-state index contributed by atoms with van der Waals surface area (Å²) in [6.45, 7) is 2.51. The molecule has 1 fully saturated rings. The standard InChI is InChI=1S/C21H20Cl2N6O3S/c1-13-11-18(28-21(25-13)29-7-9-33(31,32)10-8-29)27-17-12-14(5-6-24-17)26-20(30)19-15(22)3-2-4-16(19)23/h2-6,11-12H,7-10H2,1H3,(H2,24,25,26,27,28,30). The lowest BCUT2D eigenvalue weighted by Crippen LogP contribution is -2.41. The van der Waals surface area contributed by atoms with Crippen LogP contribution in [-0.4, -0.2) is 53.9 Å². The minimum Gasteiger partial charge on any atom is -0.339 e. The van der Waals surface area contributed by atoms with E-state index in [0.29, 0.717) is 42.1 Å². The Balaban J connectivity index is 1.51. The number of carbonyl (C=O) groups is 1. The average molecular weight is 507 g/mol. The van der Waals surface area contributed by atoms with Gasteiger partial charge in [0.05, 0.1) is 27.1 Å². The van der Waals surface area contributed by atoms with Gasteiger partial charge in [0.1, 0.15) is 11.6 Å². The number of hydrogen-bond donors (Lipinski definition) is 2. The summed E-state index contributed by atoms with van der Waals surface area (Å²) < 4.78 is 23.4. The number of pyridine rings is 1. The quantitative estimate of drug-likeness (QED) is 0.537. The van der Waals surface area contributed by atoms with Crippen LogP contribution in [0.3, 0.4) is 0 Å². The van der Waals surface area contributed by atoms with E-state index < -0.39 is 15.7 Å². The lowest BCUT2D eigenvalue weighted by Gasteiger charge is -2.27. The van der Waals surface area contributed by atoms with Gasteiger partial charge in [0.15, 0.2) is 9.84 Å². The van der Waals surface area contributed by atoms with Gasteiger partial charge in [-0.05, 0) is 25.1 Å². The summed E-state index contributed by atoms with van der Waals surface area (Å²) >= 11 is 12.2. The summed E-state index contributed by atoms with van der Waals surface area (Å²) in [5.41, 5.74) is 1.39. The molecule has 0 aliphatic carbocycles. The van der Waals surface area contributed by atoms with Crippen LogP contribution in [0.5, 0.6) is 0 Å². The second-order valence-corrected chi connectivity index (χ2v) is 10.6. The summed E-state index contributed by atoms with van der Waals surface area (Å²) in [6.07, 6.45) is 1.54. The molecule has 0 atom stereocenters. The number of nitrogens with one attached hydrogen (secondary N) is 2. The molecule has 2 N–H and O–H groups in total. The number of aryl methyl sites for hydroxylation is 1. The first-order valence-corrected chi connectivity index (χ1v) is 12.6. The summed E-state index contributed by atoms with van der Waals surface area (Å²) in [5, 5.41) is 6.37. The number of carbonyl (C=O) groups excluding carboxylic acids is 1. The molecule has 0 unspecified atom stereocenters. The van der Waals surface area contributed by atoms with E-state index in [4.69, 9.17) is 23.2 Å². The molecule has 172 valence electrons. The van der Waals surface area contributed by atoms with Crippen molar-refractivity contribution in [2.75, 3.05) is 40.1 Å². The number of amides is 1. The third-order valence-corrected chi connectivity index (χ3v) is 7.17. The third-order valence-electron chi connectivity index (χ3n) is 4.93. The molecule has 2 aromatic heterocycles. The van der Waals surface area contributed by atoms with E-state index in [-0.39, 0.29) is 27.1 Å². The van der Waals surface area contributed by atoms with Crippen LogP contribution >= 0.6 is 23.2 Å². The normalized spacial score (nSPS) is 15.2. The van der Waals surface area contributed by atoms with Gasteiger partial charge in [-0.25, -0.2) is 18.4 Å². The van der Waals surface area contributed by atoms with Gasteiger partial charge in [0.25, 0.3) is 5.91 Å². The zero-order valence-electron chi connectivity index (χ0n) is 17.5. The SMILES string of the molecule is Cc1cc(Nc2cc(NC(=O)c3c(Cl)cccc3Cl)ccn2)nc(N2CCS(=O)(=O)CC2)n1. The minimum atomic E-state index is -3.01. The van der Waals surface area contributed by atoms with Gasteiger partial charge in [-0.3, -0.25) is 4.79 Å². The van der Waals surface area contributed by atoms with Crippen molar-refractivity contribution in [3.8, 4) is 0 Å². The molecule has 3 heterocycles. The Kier molecular flexibility index (Phi) is 6.68. The Morgan fingerprint density at radius 2 is 1.73 bits per heavy atom. The Morgan fingerprint density at radius 3 is 2.42 bits per heavy atom. The fourth-order valence-electron chi connectivity index (χ4n) is 3.29. The molecule has 0 radical (unpaired) electrons. The van der Waals surface area contributed by atoms with Crippen LogP contribution in [0.25, 0.3) is 0 Å². The average Bonchev–Trinajstić information content (AvgIpc) is 2.73. The molecule has 1 aliphatic heterocycles. The minimum absolute atomic E-state index is 0.0752. The highest BCUT2D eigenvalue weighted by atomic mass is 35.5. The predicted octanol–water partition coefficient (Wildman–Crippen LogP) is 3.72. The van der Waals surface area contributed by atoms with Crippen LogP contribution in [0.4, 0.5) is 23.3 Å². The first kappa shape index (κ1) is 23.2. The van der Waals surface area contributed by atoms with Crippen molar-refractivity contribution in [1.82, 2.24) is 15.0 Å². The van der Waals surface area contributed by atoms with E-state index in [2.05, 4.69) is 25.6 Å². The van der Waals surface area contributed by atoms with E-state index in [9.17, 15) is 13.2 Å². The molecule has 1 aromatic carbocycles. The highest BCUT2D eigenvalue weighted by molar-refractivity contribution is 7.91. The number of nitrogens with zero attached hydrogens (tertiary/aromatic N) is 4. The van der Waals surface area contributed by atoms with Crippen LogP contribution in [0.15, 0.2) is 42.6 Å². The molecule has 3 aromatic rings. The maximum atomic E-state index is 12.6. The number of hydrogen-bond acceptors (Lipinski definition) is 8. The van der Waals surface area contributed by atoms with Crippen molar-refractivity contribution in [1.29, 1.82) is 0 Å². The summed E-state index contributed by atoms with van der Waals surface area (Å²) in [6, 6.07) is 9.88. The lowest BCUT2D eigenvalue weighted by atomic mass is 10.2. The van der Waals surface area contributed by atoms with Gasteiger partial charge in [-0.15, -0.1) is 0 Å². The van der Waals surface area contributed by atoms with Crippen molar-refractivity contribution >= 4 is 62.2 Å². The van der Waals surface area contributed by atoms with Crippen LogP contribution in [0, 0.1) is 6.92 Å². The Bertz CT molecular complexity index is 1280. The summed E-state index contributed by atoms with van der Waals surface area (Å²) in [5.74, 6) is 1.10. The topological polar surface area (TPSA) is 117 Å². The van der Waals surface area contributed by atoms with Gasteiger partial charge in [0, 0.05) is 42.8 Å². The van der Waals surface area contributed by atoms with E-state index in [0.717, 1.165) is 0 Å². The number of halogens is 2. The van der Waals surface area contributed by atoms with Crippen molar-refractivity contribution in [2.24, 2.45) is 0 Å². The third kappa shape index (κ3) is 5.70. The van der Waals surface area contributed by atoms with E-state index >= 15 is 0 Å². The van der Waals surface area contributed by atoms with E-state index in [1.165, 1.54) is 6.20 Å². The number of rotatable bonds is 5. The highest BCUT2D eigenvalue weighted by Crippen LogP contribution is 2.26. The Hall–Kier alpha value is -2.95. The first-order valence-electron chi connectivity index (χ1n) is 10.00. The fourth-order valence-corrected chi connectivity index (χ4v) is 5.06. The molecule has 4 rings (SSSR count). The molecule has 0 spiro atoms. The van der Waals surface area contributed by atoms with E-state index in [1.54, 1.807) is 36.4 Å². The molecule has 33 heavy (non-hydrogen) atoms. The van der Waals surface area contributed by atoms with Crippen LogP contribution in [0.2, 0.25) is 10.0 Å². The van der Waals surface area contributed by atoms with Gasteiger partial charge < -0.3 is 15.5 Å². The largest absolute Gasteiger partial charge is 0.339 e. The molecule has 9 nitrogen and oxygen atoms in total. The number of benzene rings is 1. The second kappa shape index (κ2) is 9.50. The molecule has 1 amide bonds. The smallest absolute Gasteiger partial charge is 0.258 e. The first-order chi connectivity index (χ1) is 15.7. The second-order valence-electron chi connectivity index (χ2n) is 7.44. The maximum Gasteiger partial charge on any atom is 0.258 e. The molecule has 1 aliphatic rings. The van der Waals surface area contributed by atoms with Crippen LogP contribution < -0.4 is 15.5 Å². The lowest BCUT2D eigenvalue weighted by molar-refractivity contribution is 0.102. The Labute approximate surface area is 201 Å². The molecular formula is C21H20Cl2N6O3S. The number of sulfone groups is 1. The maximum absolute atomic E-state index is 12.6. The van der Waals surface area contributed by atoms with Crippen LogP contribution in [-0.2, 0) is 9.84 Å². The van der Waals surface area contributed by atoms with Crippen molar-refractivity contribution in [3.05, 3.63) is 63.9 Å². The molecular weight excluding hydrogens is 487 g/mol. The monoisotopic (exact) mass is 506 g/mol. The van der Waals surface area contributed by atoms with Gasteiger partial charge in [-0.1, -0.05) is 29.3 Å². The van der Waals surface area contributed by atoms with Gasteiger partial charge in [0.2, 0.25) is 5.95 Å². The zero-order valence-corrected chi connectivity index (χ0v) is 19.9. The van der Waals surface area contributed by atoms with Crippen LogP contribution in [0.1, 0.15) is 16.1 Å².